The first-order valence-corrected chi connectivity index (χ1v) is 6.43. The smallest absolute Gasteiger partial charge is 0.407 e. The lowest BCUT2D eigenvalue weighted by Gasteiger charge is -2.19. The van der Waals surface area contributed by atoms with Crippen LogP contribution in [0, 0.1) is 0 Å². The van der Waals surface area contributed by atoms with Crippen LogP contribution in [0.5, 0.6) is 0 Å². The molecule has 1 rings (SSSR count). The fraction of sp³-hybridized carbons (Fsp3) is 0.333. The third-order valence-corrected chi connectivity index (χ3v) is 2.38. The number of aliphatic carboxylic acids is 1. The van der Waals surface area contributed by atoms with Crippen molar-refractivity contribution in [1.29, 1.82) is 0 Å². The van der Waals surface area contributed by atoms with Gasteiger partial charge in [0.25, 0.3) is 0 Å². The van der Waals surface area contributed by atoms with Crippen molar-refractivity contribution >= 4 is 18.1 Å². The molecule has 0 fully saturated rings. The Hall–Kier alpha value is -2.50. The Kier molecular flexibility index (Phi) is 5.35. The van der Waals surface area contributed by atoms with Crippen molar-refractivity contribution in [2.45, 2.75) is 32.9 Å². The molecular formula is C15H20N2O4. The zero-order valence-electron chi connectivity index (χ0n) is 12.3. The molecule has 0 saturated heterocycles. The average Bonchev–Trinajstić information content (AvgIpc) is 2.35. The quantitative estimate of drug-likeness (QED) is 0.738. The van der Waals surface area contributed by atoms with Crippen molar-refractivity contribution in [2.75, 3.05) is 0 Å². The number of carboxylic acids is 1. The summed E-state index contributed by atoms with van der Waals surface area (Å²) < 4.78 is 5.12. The second kappa shape index (κ2) is 6.78. The molecule has 1 aromatic rings. The maximum Gasteiger partial charge on any atom is 0.407 e. The number of rotatable bonds is 4. The van der Waals surface area contributed by atoms with Crippen LogP contribution in [0.3, 0.4) is 0 Å². The van der Waals surface area contributed by atoms with Gasteiger partial charge in [-0.3, -0.25) is 0 Å². The summed E-state index contributed by atoms with van der Waals surface area (Å²) in [7, 11) is 0. The van der Waals surface area contributed by atoms with Crippen molar-refractivity contribution in [3.8, 4) is 0 Å². The van der Waals surface area contributed by atoms with Crippen LogP contribution in [-0.2, 0) is 16.1 Å². The molecule has 0 aromatic heterocycles. The van der Waals surface area contributed by atoms with Gasteiger partial charge >= 0.3 is 12.1 Å². The molecule has 6 heteroatoms. The zero-order valence-corrected chi connectivity index (χ0v) is 12.3. The summed E-state index contributed by atoms with van der Waals surface area (Å²) in [6, 6.07) is 7.00. The van der Waals surface area contributed by atoms with E-state index in [0.717, 1.165) is 5.56 Å². The lowest BCUT2D eigenvalue weighted by atomic mass is 10.1. The Bertz CT molecular complexity index is 542. The number of carbonyl (C=O) groups is 2. The fourth-order valence-electron chi connectivity index (χ4n) is 1.46. The molecule has 0 aliphatic heterocycles. The van der Waals surface area contributed by atoms with Gasteiger partial charge in [0, 0.05) is 6.54 Å². The van der Waals surface area contributed by atoms with Gasteiger partial charge in [-0.15, -0.1) is 0 Å². The van der Waals surface area contributed by atoms with E-state index in [2.05, 4.69) is 5.32 Å². The predicted molar refractivity (Wildman–Crippen MR) is 79.3 cm³/mol. The average molecular weight is 292 g/mol. The van der Waals surface area contributed by atoms with E-state index in [1.165, 1.54) is 6.08 Å². The molecule has 0 aliphatic carbocycles. The Morgan fingerprint density at radius 1 is 1.29 bits per heavy atom. The van der Waals surface area contributed by atoms with Crippen LogP contribution in [0.4, 0.5) is 4.79 Å². The van der Waals surface area contributed by atoms with Gasteiger partial charge in [-0.1, -0.05) is 24.3 Å². The van der Waals surface area contributed by atoms with Crippen molar-refractivity contribution in [3.63, 3.8) is 0 Å². The minimum atomic E-state index is -1.16. The van der Waals surface area contributed by atoms with Gasteiger partial charge in [0.15, 0.2) is 0 Å². The summed E-state index contributed by atoms with van der Waals surface area (Å²) in [4.78, 5) is 22.1. The molecule has 0 unspecified atom stereocenters. The van der Waals surface area contributed by atoms with Gasteiger partial charge in [-0.05, 0) is 38.0 Å². The van der Waals surface area contributed by atoms with Crippen LogP contribution in [0.25, 0.3) is 6.08 Å². The molecule has 0 atom stereocenters. The third-order valence-electron chi connectivity index (χ3n) is 2.38. The Morgan fingerprint density at radius 3 is 2.33 bits per heavy atom. The number of ether oxygens (including phenoxy) is 1. The van der Waals surface area contributed by atoms with Gasteiger partial charge in [0.05, 0.1) is 0 Å². The molecule has 1 aromatic carbocycles. The maximum atomic E-state index is 11.5. The van der Waals surface area contributed by atoms with Gasteiger partial charge in [0.1, 0.15) is 11.3 Å². The SMILES string of the molecule is CC(C)(C)OC(=O)NCc1ccc(C=C(N)C(=O)O)cc1. The number of benzene rings is 1. The molecule has 0 spiro atoms. The van der Waals surface area contributed by atoms with Crippen molar-refractivity contribution in [2.24, 2.45) is 5.73 Å². The minimum absolute atomic E-state index is 0.227. The zero-order chi connectivity index (χ0) is 16.0. The van der Waals surface area contributed by atoms with Gasteiger partial charge in [-0.2, -0.15) is 0 Å². The van der Waals surface area contributed by atoms with Gasteiger partial charge < -0.3 is 20.9 Å². The van der Waals surface area contributed by atoms with Crippen molar-refractivity contribution in [3.05, 3.63) is 41.1 Å². The molecule has 1 amide bonds. The maximum absolute atomic E-state index is 11.5. The first kappa shape index (κ1) is 16.6. The summed E-state index contributed by atoms with van der Waals surface area (Å²) in [5.74, 6) is -1.16. The van der Waals surface area contributed by atoms with Crippen LogP contribution >= 0.6 is 0 Å². The van der Waals surface area contributed by atoms with Crippen LogP contribution in [-0.4, -0.2) is 22.8 Å². The number of nitrogens with one attached hydrogen (secondary N) is 1. The number of carbonyl (C=O) groups excluding carboxylic acids is 1. The molecule has 0 heterocycles. The van der Waals surface area contributed by atoms with E-state index < -0.39 is 17.7 Å². The molecule has 6 nitrogen and oxygen atoms in total. The molecule has 0 aliphatic rings. The normalized spacial score (nSPS) is 11.9. The van der Waals surface area contributed by atoms with E-state index in [1.807, 2.05) is 0 Å². The highest BCUT2D eigenvalue weighted by molar-refractivity contribution is 5.90. The van der Waals surface area contributed by atoms with Crippen molar-refractivity contribution in [1.82, 2.24) is 5.32 Å². The summed E-state index contributed by atoms with van der Waals surface area (Å²) in [6.07, 6.45) is 0.884. The first-order valence-electron chi connectivity index (χ1n) is 6.43. The molecule has 114 valence electrons. The van der Waals surface area contributed by atoms with E-state index in [4.69, 9.17) is 15.6 Å². The second-order valence-corrected chi connectivity index (χ2v) is 5.50. The molecule has 4 N–H and O–H groups in total. The minimum Gasteiger partial charge on any atom is -0.477 e. The Labute approximate surface area is 123 Å². The molecule has 0 bridgehead atoms. The highest BCUT2D eigenvalue weighted by Gasteiger charge is 2.15. The topological polar surface area (TPSA) is 102 Å². The van der Waals surface area contributed by atoms with E-state index in [0.29, 0.717) is 12.1 Å². The number of carboxylic acid groups (broad SMARTS) is 1. The van der Waals surface area contributed by atoms with E-state index in [9.17, 15) is 9.59 Å². The number of amides is 1. The lowest BCUT2D eigenvalue weighted by molar-refractivity contribution is -0.132. The van der Waals surface area contributed by atoms with Crippen LogP contribution in [0.1, 0.15) is 31.9 Å². The monoisotopic (exact) mass is 292 g/mol. The van der Waals surface area contributed by atoms with Crippen LogP contribution < -0.4 is 11.1 Å². The summed E-state index contributed by atoms with van der Waals surface area (Å²) in [5, 5.41) is 11.3. The highest BCUT2D eigenvalue weighted by atomic mass is 16.6. The van der Waals surface area contributed by atoms with E-state index in [-0.39, 0.29) is 5.70 Å². The van der Waals surface area contributed by atoms with Gasteiger partial charge in [-0.25, -0.2) is 9.59 Å². The number of hydrogen-bond donors (Lipinski definition) is 3. The summed E-state index contributed by atoms with van der Waals surface area (Å²) in [6.45, 7) is 5.70. The summed E-state index contributed by atoms with van der Waals surface area (Å²) in [5.41, 5.74) is 6.11. The first-order chi connectivity index (χ1) is 9.67. The third kappa shape index (κ3) is 6.47. The molecule has 0 saturated carbocycles. The predicted octanol–water partition coefficient (Wildman–Crippen LogP) is 2.10. The number of nitrogens with two attached hydrogens (primary N) is 1. The van der Waals surface area contributed by atoms with E-state index in [1.54, 1.807) is 45.0 Å². The molecular weight excluding hydrogens is 272 g/mol. The van der Waals surface area contributed by atoms with E-state index >= 15 is 0 Å². The Morgan fingerprint density at radius 2 is 1.86 bits per heavy atom. The highest BCUT2D eigenvalue weighted by Crippen LogP contribution is 2.09. The van der Waals surface area contributed by atoms with Gasteiger partial charge in [0.2, 0.25) is 0 Å². The van der Waals surface area contributed by atoms with Crippen molar-refractivity contribution < 1.29 is 19.4 Å². The molecule has 21 heavy (non-hydrogen) atoms. The molecule has 0 radical (unpaired) electrons. The number of hydrogen-bond acceptors (Lipinski definition) is 4. The second-order valence-electron chi connectivity index (χ2n) is 5.50. The number of alkyl carbamates (subject to hydrolysis) is 1. The largest absolute Gasteiger partial charge is 0.477 e. The lowest BCUT2D eigenvalue weighted by Crippen LogP contribution is -2.32. The Balaban J connectivity index is 2.58. The van der Waals surface area contributed by atoms with Crippen LogP contribution in [0.2, 0.25) is 0 Å². The van der Waals surface area contributed by atoms with Crippen LogP contribution in [0.15, 0.2) is 30.0 Å². The fourth-order valence-corrected chi connectivity index (χ4v) is 1.46. The summed E-state index contributed by atoms with van der Waals surface area (Å²) >= 11 is 0. The standard InChI is InChI=1S/C15H20N2O4/c1-15(2,3)21-14(20)17-9-11-6-4-10(5-7-11)8-12(16)13(18)19/h4-8H,9,16H2,1-3H3,(H,17,20)(H,18,19).